The molecule has 2 nitrogen and oxygen atoms in total. The molecule has 0 aliphatic carbocycles. The molecular weight excluding hydrogens is 596 g/mol. The maximum absolute atomic E-state index is 8.18. The molecule has 0 atom stereocenters. The topological polar surface area (TPSA) is 9.86 Å². The Bertz CT molecular complexity index is 2270. The Morgan fingerprint density at radius 3 is 0.978 bits per heavy atom. The summed E-state index contributed by atoms with van der Waals surface area (Å²) in [5, 5.41) is 8.42. The molecule has 4 heteroatoms. The number of halogens is 1. The van der Waals surface area contributed by atoms with Crippen LogP contribution in [0.2, 0.25) is 0 Å². The molecule has 218 valence electrons. The van der Waals surface area contributed by atoms with E-state index in [0.29, 0.717) is 0 Å². The number of hydrogen-bond acceptors (Lipinski definition) is 0. The van der Waals surface area contributed by atoms with E-state index in [-0.39, 0.29) is 0 Å². The predicted molar refractivity (Wildman–Crippen MR) is 199 cm³/mol. The van der Waals surface area contributed by atoms with Crippen molar-refractivity contribution < 1.29 is 0 Å². The summed E-state index contributed by atoms with van der Waals surface area (Å²) in [6.07, 6.45) is 0. The fourth-order valence-corrected chi connectivity index (χ4v) is 11.4. The second kappa shape index (κ2) is 10.6. The van der Waals surface area contributed by atoms with Crippen LogP contribution in [0.1, 0.15) is 0 Å². The molecule has 9 aromatic rings. The van der Waals surface area contributed by atoms with Crippen molar-refractivity contribution in [1.82, 2.24) is 9.13 Å². The van der Waals surface area contributed by atoms with Crippen LogP contribution in [0.15, 0.2) is 176 Å². The van der Waals surface area contributed by atoms with Crippen LogP contribution >= 0.6 is 11.1 Å². The molecule has 0 unspecified atom stereocenters. The molecule has 46 heavy (non-hydrogen) atoms. The highest BCUT2D eigenvalue weighted by Crippen LogP contribution is 2.35. The zero-order valence-electron chi connectivity index (χ0n) is 25.0. The summed E-state index contributed by atoms with van der Waals surface area (Å²) >= 11 is 8.18. The highest BCUT2D eigenvalue weighted by atomic mass is 35.6. The monoisotopic (exact) mass is 624 g/mol. The van der Waals surface area contributed by atoms with Gasteiger partial charge in [-0.05, 0) is 58.0 Å². The Labute approximate surface area is 273 Å². The smallest absolute Gasteiger partial charge is 0.248 e. The quantitative estimate of drug-likeness (QED) is 0.103. The summed E-state index contributed by atoms with van der Waals surface area (Å²) in [5.74, 6) is 0. The number of rotatable bonds is 5. The molecule has 7 aromatic carbocycles. The van der Waals surface area contributed by atoms with Crippen molar-refractivity contribution in [1.29, 1.82) is 0 Å². The van der Waals surface area contributed by atoms with E-state index in [1.54, 1.807) is 0 Å². The zero-order chi connectivity index (χ0) is 30.7. The van der Waals surface area contributed by atoms with E-state index in [0.717, 1.165) is 26.9 Å². The minimum atomic E-state index is -2.99. The highest BCUT2D eigenvalue weighted by molar-refractivity contribution is 7.40. The van der Waals surface area contributed by atoms with Gasteiger partial charge in [0.1, 0.15) is 0 Å². The Morgan fingerprint density at radius 1 is 0.326 bits per heavy atom. The molecule has 0 saturated carbocycles. The average molecular weight is 625 g/mol. The largest absolute Gasteiger partial charge is 0.309 e. The van der Waals surface area contributed by atoms with Crippen molar-refractivity contribution in [2.45, 2.75) is 0 Å². The molecule has 0 saturated heterocycles. The van der Waals surface area contributed by atoms with Crippen LogP contribution in [0.5, 0.6) is 0 Å². The van der Waals surface area contributed by atoms with E-state index < -0.39 is 7.38 Å². The van der Waals surface area contributed by atoms with Gasteiger partial charge in [0.2, 0.25) is 7.38 Å². The average Bonchev–Trinajstić information content (AvgIpc) is 3.65. The van der Waals surface area contributed by atoms with Crippen LogP contribution in [0.3, 0.4) is 0 Å². The van der Waals surface area contributed by atoms with E-state index in [1.807, 2.05) is 0 Å². The third-order valence-electron chi connectivity index (χ3n) is 9.32. The summed E-state index contributed by atoms with van der Waals surface area (Å²) in [5.41, 5.74) is 6.89. The second-order valence-electron chi connectivity index (χ2n) is 11.9. The van der Waals surface area contributed by atoms with Crippen molar-refractivity contribution in [2.24, 2.45) is 0 Å². The number of benzene rings is 7. The molecule has 2 aromatic heterocycles. The number of para-hydroxylation sites is 4. The molecule has 9 rings (SSSR count). The van der Waals surface area contributed by atoms with Crippen LogP contribution in [-0.4, -0.2) is 16.5 Å². The normalized spacial score (nSPS) is 12.0. The molecule has 0 aliphatic heterocycles. The second-order valence-corrected chi connectivity index (χ2v) is 16.6. The van der Waals surface area contributed by atoms with Gasteiger partial charge < -0.3 is 9.13 Å². The van der Waals surface area contributed by atoms with Crippen LogP contribution < -0.4 is 15.6 Å². The Hall–Kier alpha value is -5.35. The van der Waals surface area contributed by atoms with Gasteiger partial charge in [-0.1, -0.05) is 133 Å². The van der Waals surface area contributed by atoms with Crippen LogP contribution in [-0.2, 0) is 0 Å². The fraction of sp³-hybridized carbons (Fsp3) is 0. The number of hydrogen-bond donors (Lipinski definition) is 0. The fourth-order valence-electron chi connectivity index (χ4n) is 7.29. The summed E-state index contributed by atoms with van der Waals surface area (Å²) in [6, 6.07) is 63.2. The first-order chi connectivity index (χ1) is 22.7. The molecule has 2 heterocycles. The first-order valence-electron chi connectivity index (χ1n) is 15.6. The number of fused-ring (bicyclic) bond motifs is 6. The molecule has 0 aliphatic rings. The lowest BCUT2D eigenvalue weighted by molar-refractivity contribution is 1.14. The minimum absolute atomic E-state index is 1.09. The standard InChI is InChI=1S/C42H29ClN2Si/c43-46(32-15-3-1-4-16-32,33-17-5-2-6-18-33)34-28-30(44-39-23-11-7-19-35(39)36-20-8-12-24-40(36)44)27-31(29-34)45-41-25-13-9-21-37(41)38-22-10-14-26-42(38)45/h1-29H. The van der Waals surface area contributed by atoms with E-state index in [1.165, 1.54) is 43.6 Å². The summed E-state index contributed by atoms with van der Waals surface area (Å²) in [4.78, 5) is 0. The van der Waals surface area contributed by atoms with E-state index in [9.17, 15) is 0 Å². The summed E-state index contributed by atoms with van der Waals surface area (Å²) < 4.78 is 4.82. The minimum Gasteiger partial charge on any atom is -0.309 e. The molecule has 0 bridgehead atoms. The van der Waals surface area contributed by atoms with Gasteiger partial charge in [0.05, 0.1) is 22.1 Å². The lowest BCUT2D eigenvalue weighted by Gasteiger charge is -2.28. The molecule has 0 N–H and O–H groups in total. The van der Waals surface area contributed by atoms with Gasteiger partial charge in [0, 0.05) is 32.9 Å². The highest BCUT2D eigenvalue weighted by Gasteiger charge is 2.38. The van der Waals surface area contributed by atoms with Gasteiger partial charge in [-0.2, -0.15) is 0 Å². The van der Waals surface area contributed by atoms with Crippen molar-refractivity contribution in [3.63, 3.8) is 0 Å². The summed E-state index contributed by atoms with van der Waals surface area (Å²) in [6.45, 7) is 0. The van der Waals surface area contributed by atoms with Gasteiger partial charge in [-0.25, -0.2) is 0 Å². The first-order valence-corrected chi connectivity index (χ1v) is 18.7. The van der Waals surface area contributed by atoms with Crippen molar-refractivity contribution >= 4 is 77.6 Å². The lowest BCUT2D eigenvalue weighted by Crippen LogP contribution is -2.63. The maximum atomic E-state index is 8.18. The molecular formula is C42H29ClN2Si. The molecule has 0 amide bonds. The summed E-state index contributed by atoms with van der Waals surface area (Å²) in [7, 11) is -2.99. The van der Waals surface area contributed by atoms with Gasteiger partial charge in [-0.3, -0.25) is 0 Å². The van der Waals surface area contributed by atoms with E-state index in [2.05, 4.69) is 185 Å². The van der Waals surface area contributed by atoms with Gasteiger partial charge >= 0.3 is 0 Å². The third-order valence-corrected chi connectivity index (χ3v) is 14.6. The van der Waals surface area contributed by atoms with Gasteiger partial charge in [-0.15, -0.1) is 11.1 Å². The number of aromatic nitrogens is 2. The first kappa shape index (κ1) is 27.0. The van der Waals surface area contributed by atoms with Crippen molar-refractivity contribution in [3.05, 3.63) is 176 Å². The Balaban J connectivity index is 1.44. The molecule has 0 radical (unpaired) electrons. The Morgan fingerprint density at radius 2 is 0.630 bits per heavy atom. The SMILES string of the molecule is Cl[Si](c1ccccc1)(c1ccccc1)c1cc(-n2c3ccccc3c3ccccc32)cc(-n2c3ccccc3c3ccccc32)c1. The molecule has 0 spiro atoms. The predicted octanol–water partition coefficient (Wildman–Crippen LogP) is 9.09. The maximum Gasteiger partial charge on any atom is 0.248 e. The van der Waals surface area contributed by atoms with Crippen LogP contribution in [0.25, 0.3) is 55.0 Å². The lowest BCUT2D eigenvalue weighted by atomic mass is 10.2. The number of nitrogens with zero attached hydrogens (tertiary/aromatic N) is 2. The third kappa shape index (κ3) is 4.03. The van der Waals surface area contributed by atoms with Gasteiger partial charge in [0.25, 0.3) is 0 Å². The van der Waals surface area contributed by atoms with E-state index in [4.69, 9.17) is 11.1 Å². The molecule has 0 fully saturated rings. The Kier molecular flexibility index (Phi) is 6.24. The van der Waals surface area contributed by atoms with Gasteiger partial charge in [0.15, 0.2) is 0 Å². The van der Waals surface area contributed by atoms with E-state index >= 15 is 0 Å². The van der Waals surface area contributed by atoms with Crippen molar-refractivity contribution in [3.8, 4) is 11.4 Å². The zero-order valence-corrected chi connectivity index (χ0v) is 26.8. The van der Waals surface area contributed by atoms with Crippen LogP contribution in [0, 0.1) is 0 Å². The van der Waals surface area contributed by atoms with Crippen LogP contribution in [0.4, 0.5) is 0 Å². The van der Waals surface area contributed by atoms with Crippen molar-refractivity contribution in [2.75, 3.05) is 0 Å².